The topological polar surface area (TPSA) is 214 Å². The Balaban J connectivity index is 5.22. The summed E-state index contributed by atoms with van der Waals surface area (Å²) in [6.07, 6.45) is 1.26. The van der Waals surface area contributed by atoms with Crippen molar-refractivity contribution in [3.63, 3.8) is 0 Å². The largest absolute Gasteiger partial charge is 0.481 e. The molecule has 178 valence electrons. The molecule has 0 saturated heterocycles. The van der Waals surface area contributed by atoms with E-state index in [1.807, 2.05) is 13.8 Å². The monoisotopic (exact) mass is 445 g/mol. The van der Waals surface area contributed by atoms with Crippen LogP contribution in [0, 0.1) is 5.92 Å². The van der Waals surface area contributed by atoms with E-state index in [1.165, 1.54) is 0 Å². The average molecular weight is 446 g/mol. The molecule has 0 radical (unpaired) electrons. The summed E-state index contributed by atoms with van der Waals surface area (Å²) in [4.78, 5) is 58.8. The van der Waals surface area contributed by atoms with E-state index in [0.29, 0.717) is 19.4 Å². The Bertz CT molecular complexity index is 627. The van der Waals surface area contributed by atoms with Gasteiger partial charge in [-0.05, 0) is 44.6 Å². The summed E-state index contributed by atoms with van der Waals surface area (Å²) in [7, 11) is 0. The molecule has 0 aliphatic carbocycles. The van der Waals surface area contributed by atoms with Crippen molar-refractivity contribution in [2.24, 2.45) is 17.4 Å². The first kappa shape index (κ1) is 28.3. The third-order valence-corrected chi connectivity index (χ3v) is 4.34. The fourth-order valence-electron chi connectivity index (χ4n) is 2.71. The third-order valence-electron chi connectivity index (χ3n) is 4.34. The van der Waals surface area contributed by atoms with E-state index in [-0.39, 0.29) is 31.6 Å². The van der Waals surface area contributed by atoms with E-state index in [1.54, 1.807) is 0 Å². The van der Waals surface area contributed by atoms with Crippen molar-refractivity contribution in [1.29, 1.82) is 0 Å². The molecule has 12 nitrogen and oxygen atoms in total. The van der Waals surface area contributed by atoms with Gasteiger partial charge in [-0.15, -0.1) is 0 Å². The van der Waals surface area contributed by atoms with Gasteiger partial charge in [0.15, 0.2) is 0 Å². The van der Waals surface area contributed by atoms with Crippen LogP contribution in [0.15, 0.2) is 0 Å². The van der Waals surface area contributed by atoms with Gasteiger partial charge in [-0.3, -0.25) is 24.0 Å². The van der Waals surface area contributed by atoms with E-state index in [2.05, 4.69) is 16.0 Å². The van der Waals surface area contributed by atoms with Crippen LogP contribution < -0.4 is 27.4 Å². The second-order valence-corrected chi connectivity index (χ2v) is 7.69. The Morgan fingerprint density at radius 3 is 1.97 bits per heavy atom. The van der Waals surface area contributed by atoms with Crippen molar-refractivity contribution >= 4 is 29.7 Å². The summed E-state index contributed by atoms with van der Waals surface area (Å²) >= 11 is 0. The smallest absolute Gasteiger partial charge is 0.322 e. The Kier molecular flexibility index (Phi) is 13.8. The summed E-state index contributed by atoms with van der Waals surface area (Å²) in [5, 5.41) is 24.8. The molecule has 31 heavy (non-hydrogen) atoms. The van der Waals surface area contributed by atoms with Crippen LogP contribution in [-0.2, 0) is 24.0 Å². The second kappa shape index (κ2) is 15.1. The van der Waals surface area contributed by atoms with Crippen LogP contribution in [0.3, 0.4) is 0 Å². The molecule has 0 aliphatic rings. The van der Waals surface area contributed by atoms with Gasteiger partial charge in [-0.1, -0.05) is 13.8 Å². The molecule has 3 unspecified atom stereocenters. The average Bonchev–Trinajstić information content (AvgIpc) is 2.68. The quantitative estimate of drug-likeness (QED) is 0.138. The molecule has 0 heterocycles. The van der Waals surface area contributed by atoms with Crippen LogP contribution in [0.25, 0.3) is 0 Å². The third kappa shape index (κ3) is 13.2. The SMILES string of the molecule is CC(C)CC(NC(=O)C(CCCCN)NC(=O)C(N)CCC(=O)O)C(=O)NCC(=O)O. The first-order valence-electron chi connectivity index (χ1n) is 10.3. The second-order valence-electron chi connectivity index (χ2n) is 7.69. The van der Waals surface area contributed by atoms with E-state index in [9.17, 15) is 24.0 Å². The fraction of sp³-hybridized carbons (Fsp3) is 0.737. The molecule has 0 aliphatic heterocycles. The summed E-state index contributed by atoms with van der Waals surface area (Å²) in [5.74, 6) is -4.23. The van der Waals surface area contributed by atoms with Gasteiger partial charge in [0.25, 0.3) is 0 Å². The molecule has 0 spiro atoms. The maximum atomic E-state index is 12.8. The van der Waals surface area contributed by atoms with E-state index < -0.39 is 54.3 Å². The minimum absolute atomic E-state index is 0.0237. The molecular weight excluding hydrogens is 410 g/mol. The molecule has 0 saturated carbocycles. The van der Waals surface area contributed by atoms with Crippen molar-refractivity contribution in [3.05, 3.63) is 0 Å². The van der Waals surface area contributed by atoms with E-state index in [0.717, 1.165) is 0 Å². The van der Waals surface area contributed by atoms with Crippen LogP contribution in [-0.4, -0.2) is 71.1 Å². The lowest BCUT2D eigenvalue weighted by atomic mass is 10.0. The highest BCUT2D eigenvalue weighted by molar-refractivity contribution is 5.93. The molecule has 0 bridgehead atoms. The molecule has 0 rings (SSSR count). The maximum Gasteiger partial charge on any atom is 0.322 e. The number of carboxylic acid groups (broad SMARTS) is 2. The number of nitrogens with two attached hydrogens (primary N) is 2. The van der Waals surface area contributed by atoms with Crippen LogP contribution in [0.1, 0.15) is 52.4 Å². The zero-order valence-electron chi connectivity index (χ0n) is 18.1. The lowest BCUT2D eigenvalue weighted by Crippen LogP contribution is -2.56. The standard InChI is InChI=1S/C19H35N5O7/c1-11(2)9-14(18(30)22-10-16(27)28)24-19(31)13(5-3-4-8-20)23-17(29)12(21)6-7-15(25)26/h11-14H,3-10,20-21H2,1-2H3,(H,22,30)(H,23,29)(H,24,31)(H,25,26)(H,27,28). The Morgan fingerprint density at radius 2 is 1.45 bits per heavy atom. The van der Waals surface area contributed by atoms with Crippen LogP contribution in [0.2, 0.25) is 0 Å². The zero-order valence-corrected chi connectivity index (χ0v) is 18.1. The number of rotatable bonds is 16. The minimum atomic E-state index is -1.22. The number of carboxylic acids is 2. The summed E-state index contributed by atoms with van der Waals surface area (Å²) in [6.45, 7) is 3.49. The van der Waals surface area contributed by atoms with Gasteiger partial charge in [0, 0.05) is 6.42 Å². The predicted octanol–water partition coefficient (Wildman–Crippen LogP) is -1.48. The van der Waals surface area contributed by atoms with Gasteiger partial charge < -0.3 is 37.6 Å². The minimum Gasteiger partial charge on any atom is -0.481 e. The van der Waals surface area contributed by atoms with Gasteiger partial charge in [0.05, 0.1) is 6.04 Å². The highest BCUT2D eigenvalue weighted by Crippen LogP contribution is 2.08. The van der Waals surface area contributed by atoms with Gasteiger partial charge >= 0.3 is 11.9 Å². The fourth-order valence-corrected chi connectivity index (χ4v) is 2.71. The van der Waals surface area contributed by atoms with Crippen molar-refractivity contribution in [2.75, 3.05) is 13.1 Å². The van der Waals surface area contributed by atoms with Gasteiger partial charge in [-0.2, -0.15) is 0 Å². The van der Waals surface area contributed by atoms with Crippen molar-refractivity contribution in [2.45, 2.75) is 70.5 Å². The summed E-state index contributed by atoms with van der Waals surface area (Å²) < 4.78 is 0. The van der Waals surface area contributed by atoms with E-state index in [4.69, 9.17) is 21.7 Å². The Labute approximate surface area is 181 Å². The summed E-state index contributed by atoms with van der Waals surface area (Å²) in [5.41, 5.74) is 11.2. The molecule has 9 N–H and O–H groups in total. The van der Waals surface area contributed by atoms with Crippen LogP contribution in [0.4, 0.5) is 0 Å². The number of nitrogens with one attached hydrogen (secondary N) is 3. The number of hydrogen-bond donors (Lipinski definition) is 7. The van der Waals surface area contributed by atoms with Crippen LogP contribution in [0.5, 0.6) is 0 Å². The van der Waals surface area contributed by atoms with Crippen molar-refractivity contribution in [3.8, 4) is 0 Å². The molecule has 12 heteroatoms. The number of aliphatic carboxylic acids is 2. The molecule has 0 fully saturated rings. The molecule has 0 aromatic rings. The molecule has 0 aromatic carbocycles. The highest BCUT2D eigenvalue weighted by Gasteiger charge is 2.28. The van der Waals surface area contributed by atoms with Crippen molar-refractivity contribution < 1.29 is 34.2 Å². The summed E-state index contributed by atoms with van der Waals surface area (Å²) in [6, 6.07) is -3.09. The van der Waals surface area contributed by atoms with Gasteiger partial charge in [0.1, 0.15) is 18.6 Å². The number of hydrogen-bond acceptors (Lipinski definition) is 7. The first-order valence-corrected chi connectivity index (χ1v) is 10.3. The van der Waals surface area contributed by atoms with Gasteiger partial charge in [-0.25, -0.2) is 0 Å². The van der Waals surface area contributed by atoms with Crippen LogP contribution >= 0.6 is 0 Å². The molecule has 3 amide bonds. The maximum absolute atomic E-state index is 12.8. The first-order chi connectivity index (χ1) is 14.5. The highest BCUT2D eigenvalue weighted by atomic mass is 16.4. The predicted molar refractivity (Wildman–Crippen MR) is 112 cm³/mol. The number of carbonyl (C=O) groups excluding carboxylic acids is 3. The van der Waals surface area contributed by atoms with Crippen molar-refractivity contribution in [1.82, 2.24) is 16.0 Å². The zero-order chi connectivity index (χ0) is 24.0. The Morgan fingerprint density at radius 1 is 0.839 bits per heavy atom. The number of amides is 3. The van der Waals surface area contributed by atoms with E-state index >= 15 is 0 Å². The molecule has 3 atom stereocenters. The molecule has 0 aromatic heterocycles. The number of carbonyl (C=O) groups is 5. The normalized spacial score (nSPS) is 13.7. The lowest BCUT2D eigenvalue weighted by molar-refractivity contribution is -0.139. The lowest BCUT2D eigenvalue weighted by Gasteiger charge is -2.25. The molecular formula is C19H35N5O7. The number of unbranched alkanes of at least 4 members (excludes halogenated alkanes) is 1. The Hall–Kier alpha value is -2.73. The van der Waals surface area contributed by atoms with Gasteiger partial charge in [0.2, 0.25) is 17.7 Å².